The van der Waals surface area contributed by atoms with Gasteiger partial charge in [-0.05, 0) is 61.4 Å². The zero-order chi connectivity index (χ0) is 26.4. The summed E-state index contributed by atoms with van der Waals surface area (Å²) in [6.07, 6.45) is 3.11. The maximum atomic E-state index is 13.6. The number of fused-ring (bicyclic) bond motifs is 2. The minimum atomic E-state index is -4.60. The number of alkyl halides is 3. The smallest absolute Gasteiger partial charge is 0.365 e. The van der Waals surface area contributed by atoms with Crippen LogP contribution in [0.15, 0.2) is 79.5 Å². The lowest BCUT2D eigenvalue weighted by atomic mass is 10.1. The molecule has 0 aliphatic carbocycles. The van der Waals surface area contributed by atoms with Gasteiger partial charge in [0.2, 0.25) is 0 Å². The van der Waals surface area contributed by atoms with Gasteiger partial charge in [0.1, 0.15) is 5.65 Å². The molecule has 0 spiro atoms. The van der Waals surface area contributed by atoms with E-state index in [0.717, 1.165) is 47.7 Å². The first-order valence-corrected chi connectivity index (χ1v) is 12.1. The number of nitrogens with one attached hydrogen (secondary N) is 1. The van der Waals surface area contributed by atoms with Crippen molar-refractivity contribution in [2.24, 2.45) is 0 Å². The summed E-state index contributed by atoms with van der Waals surface area (Å²) in [4.78, 5) is 23.9. The van der Waals surface area contributed by atoms with Gasteiger partial charge in [-0.3, -0.25) is 4.79 Å². The number of imidazole rings is 2. The maximum absolute atomic E-state index is 13.6. The molecule has 0 atom stereocenters. The van der Waals surface area contributed by atoms with Crippen LogP contribution in [0.4, 0.5) is 24.5 Å². The van der Waals surface area contributed by atoms with Crippen molar-refractivity contribution < 1.29 is 18.0 Å². The number of nitrogens with zero attached hydrogens (tertiary/aromatic N) is 5. The van der Waals surface area contributed by atoms with E-state index in [4.69, 9.17) is 0 Å². The highest BCUT2D eigenvalue weighted by molar-refractivity contribution is 6.05. The summed E-state index contributed by atoms with van der Waals surface area (Å²) in [6.45, 7) is 3.19. The number of pyridine rings is 1. The molecular formula is C28H23F3N6O. The normalized spacial score (nSPS) is 13.2. The lowest BCUT2D eigenvalue weighted by Crippen LogP contribution is -2.21. The van der Waals surface area contributed by atoms with Crippen LogP contribution >= 0.6 is 0 Å². The topological polar surface area (TPSA) is 67.5 Å². The zero-order valence-corrected chi connectivity index (χ0v) is 20.4. The molecule has 5 aromatic rings. The van der Waals surface area contributed by atoms with Crippen LogP contribution < -0.4 is 10.2 Å². The number of carbonyl (C=O) groups excluding carboxylic acids is 1. The van der Waals surface area contributed by atoms with Crippen molar-refractivity contribution in [1.29, 1.82) is 0 Å². The summed E-state index contributed by atoms with van der Waals surface area (Å²) in [5, 5.41) is 2.78. The van der Waals surface area contributed by atoms with E-state index in [1.54, 1.807) is 19.2 Å². The molecule has 192 valence electrons. The summed E-state index contributed by atoms with van der Waals surface area (Å²) >= 11 is 0. The Morgan fingerprint density at radius 2 is 1.95 bits per heavy atom. The predicted octanol–water partition coefficient (Wildman–Crippen LogP) is 5.66. The number of amides is 1. The summed E-state index contributed by atoms with van der Waals surface area (Å²) in [7, 11) is 0. The van der Waals surface area contributed by atoms with Crippen molar-refractivity contribution in [3.63, 3.8) is 0 Å². The van der Waals surface area contributed by atoms with Gasteiger partial charge in [0, 0.05) is 41.6 Å². The molecule has 4 heterocycles. The average Bonchev–Trinajstić information content (AvgIpc) is 3.62. The van der Waals surface area contributed by atoms with Crippen LogP contribution in [0.2, 0.25) is 0 Å². The van der Waals surface area contributed by atoms with Gasteiger partial charge in [0.15, 0.2) is 0 Å². The average molecular weight is 517 g/mol. The molecule has 0 radical (unpaired) electrons. The largest absolute Gasteiger partial charge is 0.416 e. The van der Waals surface area contributed by atoms with E-state index < -0.39 is 17.6 Å². The van der Waals surface area contributed by atoms with Crippen LogP contribution in [0.3, 0.4) is 0 Å². The van der Waals surface area contributed by atoms with Crippen LogP contribution in [0.1, 0.15) is 32.9 Å². The fourth-order valence-electron chi connectivity index (χ4n) is 4.81. The van der Waals surface area contributed by atoms with Crippen LogP contribution in [0.5, 0.6) is 0 Å². The second kappa shape index (κ2) is 9.05. The van der Waals surface area contributed by atoms with Gasteiger partial charge in [-0.15, -0.1) is 0 Å². The minimum absolute atomic E-state index is 0.0933. The van der Waals surface area contributed by atoms with E-state index in [-0.39, 0.29) is 11.3 Å². The summed E-state index contributed by atoms with van der Waals surface area (Å²) in [6, 6.07) is 14.7. The molecule has 6 rings (SSSR count). The highest BCUT2D eigenvalue weighted by atomic mass is 19.4. The zero-order valence-electron chi connectivity index (χ0n) is 20.4. The van der Waals surface area contributed by atoms with Crippen LogP contribution in [-0.4, -0.2) is 31.4 Å². The van der Waals surface area contributed by atoms with Crippen molar-refractivity contribution >= 4 is 22.9 Å². The Labute approximate surface area is 216 Å². The number of hydrogen-bond donors (Lipinski definition) is 1. The van der Waals surface area contributed by atoms with E-state index >= 15 is 0 Å². The third-order valence-electron chi connectivity index (χ3n) is 6.70. The van der Waals surface area contributed by atoms with Crippen molar-refractivity contribution in [1.82, 2.24) is 18.9 Å². The van der Waals surface area contributed by atoms with E-state index in [1.165, 1.54) is 17.0 Å². The number of aryl methyl sites for hydroxylation is 1. The molecule has 3 aromatic heterocycles. The number of carbonyl (C=O) groups is 1. The lowest BCUT2D eigenvalue weighted by Gasteiger charge is -2.20. The fourth-order valence-corrected chi connectivity index (χ4v) is 4.81. The van der Waals surface area contributed by atoms with Gasteiger partial charge in [0.05, 0.1) is 36.0 Å². The van der Waals surface area contributed by atoms with Crippen molar-refractivity contribution in [2.45, 2.75) is 26.1 Å². The molecule has 10 heteroatoms. The quantitative estimate of drug-likeness (QED) is 0.327. The van der Waals surface area contributed by atoms with Crippen LogP contribution in [0.25, 0.3) is 11.3 Å². The molecular weight excluding hydrogens is 493 g/mol. The van der Waals surface area contributed by atoms with Gasteiger partial charge in [0.25, 0.3) is 5.91 Å². The van der Waals surface area contributed by atoms with Gasteiger partial charge < -0.3 is 19.2 Å². The van der Waals surface area contributed by atoms with E-state index in [2.05, 4.69) is 20.2 Å². The van der Waals surface area contributed by atoms with Gasteiger partial charge >= 0.3 is 6.18 Å². The van der Waals surface area contributed by atoms with Crippen LogP contribution in [-0.2, 0) is 19.1 Å². The Balaban J connectivity index is 1.27. The fraction of sp³-hybridized carbons (Fsp3) is 0.179. The number of benzene rings is 2. The Hall–Kier alpha value is -4.60. The summed E-state index contributed by atoms with van der Waals surface area (Å²) in [5.41, 5.74) is 4.41. The molecule has 0 bridgehead atoms. The molecule has 0 fully saturated rings. The Morgan fingerprint density at radius 3 is 2.74 bits per heavy atom. The molecule has 7 nitrogen and oxygen atoms in total. The Bertz CT molecular complexity index is 1670. The van der Waals surface area contributed by atoms with Gasteiger partial charge in [-0.25, -0.2) is 9.97 Å². The van der Waals surface area contributed by atoms with E-state index in [1.807, 2.05) is 47.1 Å². The second-order valence-electron chi connectivity index (χ2n) is 9.34. The molecule has 38 heavy (non-hydrogen) atoms. The summed E-state index contributed by atoms with van der Waals surface area (Å²) in [5.74, 6) is -0.625. The first-order chi connectivity index (χ1) is 18.2. The van der Waals surface area contributed by atoms with Crippen molar-refractivity contribution in [3.05, 3.63) is 108 Å². The minimum Gasteiger partial charge on any atom is -0.365 e. The SMILES string of the molecule is Cc1cn(-c2cc(C(=O)Nc3ccc4c(c3)N(Cc3cnc5ccccn35)CC4)cc(C(F)(F)F)c2)cn1. The lowest BCUT2D eigenvalue weighted by molar-refractivity contribution is -0.137. The molecule has 0 saturated carbocycles. The van der Waals surface area contributed by atoms with Crippen molar-refractivity contribution in [2.75, 3.05) is 16.8 Å². The third-order valence-corrected chi connectivity index (χ3v) is 6.70. The monoisotopic (exact) mass is 516 g/mol. The van der Waals surface area contributed by atoms with E-state index in [0.29, 0.717) is 17.9 Å². The maximum Gasteiger partial charge on any atom is 0.416 e. The first-order valence-electron chi connectivity index (χ1n) is 12.1. The first kappa shape index (κ1) is 23.8. The number of anilines is 2. The van der Waals surface area contributed by atoms with Gasteiger partial charge in [-0.1, -0.05) is 12.1 Å². The molecule has 2 aromatic carbocycles. The molecule has 0 unspecified atom stereocenters. The van der Waals surface area contributed by atoms with Gasteiger partial charge in [-0.2, -0.15) is 13.2 Å². The molecule has 1 N–H and O–H groups in total. The molecule has 1 aliphatic heterocycles. The standard InChI is InChI=1S/C28H23F3N6O/c1-18-15-36(17-33-18)23-11-20(10-21(12-23)28(29,30)31)27(38)34-22-6-5-19-7-9-35(25(19)13-22)16-24-14-32-26-4-2-3-8-37(24)26/h2-6,8,10-15,17H,7,9,16H2,1H3,(H,34,38). The molecule has 1 aliphatic rings. The molecule has 0 saturated heterocycles. The summed E-state index contributed by atoms with van der Waals surface area (Å²) < 4.78 is 44.4. The third kappa shape index (κ3) is 4.49. The predicted molar refractivity (Wildman–Crippen MR) is 138 cm³/mol. The number of halogens is 3. The number of aromatic nitrogens is 4. The van der Waals surface area contributed by atoms with Crippen molar-refractivity contribution in [3.8, 4) is 5.69 Å². The Kier molecular flexibility index (Phi) is 5.67. The number of hydrogen-bond acceptors (Lipinski definition) is 4. The second-order valence-corrected chi connectivity index (χ2v) is 9.34. The Morgan fingerprint density at radius 1 is 1.08 bits per heavy atom. The highest BCUT2D eigenvalue weighted by Crippen LogP contribution is 2.34. The highest BCUT2D eigenvalue weighted by Gasteiger charge is 2.32. The molecule has 1 amide bonds. The number of rotatable bonds is 5. The van der Waals surface area contributed by atoms with E-state index in [9.17, 15) is 18.0 Å². The van der Waals surface area contributed by atoms with Crippen LogP contribution in [0, 0.1) is 6.92 Å².